The highest BCUT2D eigenvalue weighted by Crippen LogP contribution is 2.37. The summed E-state index contributed by atoms with van der Waals surface area (Å²) in [7, 11) is 0. The predicted octanol–water partition coefficient (Wildman–Crippen LogP) is -1.14. The number of azide groups is 1. The molecule has 5 atom stereocenters. The third kappa shape index (κ3) is 3.19. The molecule has 0 radical (unpaired) electrons. The first-order valence-corrected chi connectivity index (χ1v) is 8.37. The van der Waals surface area contributed by atoms with Crippen LogP contribution in [0.3, 0.4) is 0 Å². The van der Waals surface area contributed by atoms with Crippen LogP contribution in [-0.4, -0.2) is 82.0 Å². The Morgan fingerprint density at radius 3 is 2.81 bits per heavy atom. The van der Waals surface area contributed by atoms with Crippen molar-refractivity contribution < 1.29 is 28.9 Å². The maximum absolute atomic E-state index is 14.6. The third-order valence-corrected chi connectivity index (χ3v) is 4.84. The van der Waals surface area contributed by atoms with Crippen molar-refractivity contribution in [1.82, 2.24) is 15.1 Å². The Labute approximate surface area is 153 Å². The van der Waals surface area contributed by atoms with Crippen LogP contribution < -0.4 is 11.1 Å². The summed E-state index contributed by atoms with van der Waals surface area (Å²) in [5.74, 6) is -0.401. The average Bonchev–Trinajstić information content (AvgIpc) is 3.26. The quantitative estimate of drug-likeness (QED) is 0.270. The number of likely N-dealkylation sites (tertiary alicyclic amines) is 1. The topological polar surface area (TPSA) is 177 Å². The van der Waals surface area contributed by atoms with Gasteiger partial charge in [-0.25, -0.2) is 9.18 Å². The highest BCUT2D eigenvalue weighted by Gasteiger charge is 2.58. The van der Waals surface area contributed by atoms with Gasteiger partial charge in [0.15, 0.2) is 12.4 Å². The van der Waals surface area contributed by atoms with Gasteiger partial charge in [0.05, 0.1) is 12.2 Å². The van der Waals surface area contributed by atoms with Gasteiger partial charge in [0.25, 0.3) is 5.91 Å². The van der Waals surface area contributed by atoms with E-state index in [1.54, 1.807) is 4.90 Å². The highest BCUT2D eigenvalue weighted by molar-refractivity contribution is 5.97. The number of hydrogen-bond donors (Lipinski definition) is 4. The zero-order chi connectivity index (χ0) is 19.8. The number of ether oxygens (including phenoxy) is 1. The van der Waals surface area contributed by atoms with Crippen LogP contribution >= 0.6 is 0 Å². The van der Waals surface area contributed by atoms with Crippen molar-refractivity contribution in [3.8, 4) is 0 Å². The number of nitrogens with two attached hydrogens (primary N) is 1. The molecule has 13 heteroatoms. The molecule has 3 aliphatic rings. The molecule has 0 saturated carbocycles. The number of halogens is 1. The Morgan fingerprint density at radius 2 is 2.22 bits per heavy atom. The lowest BCUT2D eigenvalue weighted by Crippen LogP contribution is -2.58. The second kappa shape index (κ2) is 7.29. The van der Waals surface area contributed by atoms with Gasteiger partial charge in [0, 0.05) is 24.2 Å². The lowest BCUT2D eigenvalue weighted by molar-refractivity contribution is -0.130. The van der Waals surface area contributed by atoms with Crippen molar-refractivity contribution in [2.45, 2.75) is 43.2 Å². The molecule has 148 valence electrons. The fraction of sp³-hybridized carbons (Fsp3) is 0.714. The summed E-state index contributed by atoms with van der Waals surface area (Å²) >= 11 is 0. The summed E-state index contributed by atoms with van der Waals surface area (Å²) in [6.07, 6.45) is -4.28. The zero-order valence-corrected chi connectivity index (χ0v) is 14.2. The first-order valence-electron chi connectivity index (χ1n) is 8.37. The van der Waals surface area contributed by atoms with Crippen LogP contribution in [0.25, 0.3) is 10.4 Å². The highest BCUT2D eigenvalue weighted by atomic mass is 19.1. The van der Waals surface area contributed by atoms with Gasteiger partial charge >= 0.3 is 6.03 Å². The van der Waals surface area contributed by atoms with Gasteiger partial charge in [-0.05, 0) is 18.4 Å². The van der Waals surface area contributed by atoms with Crippen LogP contribution in [0.2, 0.25) is 0 Å². The van der Waals surface area contributed by atoms with E-state index in [1.165, 1.54) is 0 Å². The molecular weight excluding hydrogens is 365 g/mol. The molecule has 0 aromatic rings. The largest absolute Gasteiger partial charge is 0.393 e. The minimum absolute atomic E-state index is 0.0204. The number of aliphatic hydroxyl groups is 2. The van der Waals surface area contributed by atoms with Gasteiger partial charge in [-0.2, -0.15) is 0 Å². The molecule has 2 fully saturated rings. The van der Waals surface area contributed by atoms with Crippen LogP contribution in [0, 0.1) is 0 Å². The Kier molecular flexibility index (Phi) is 5.22. The van der Waals surface area contributed by atoms with Gasteiger partial charge in [-0.1, -0.05) is 5.11 Å². The van der Waals surface area contributed by atoms with E-state index in [2.05, 4.69) is 15.3 Å². The van der Waals surface area contributed by atoms with Crippen molar-refractivity contribution in [3.63, 3.8) is 0 Å². The molecule has 0 bridgehead atoms. The van der Waals surface area contributed by atoms with Crippen LogP contribution in [0.5, 0.6) is 0 Å². The minimum Gasteiger partial charge on any atom is -0.393 e. The molecule has 5 N–H and O–H groups in total. The van der Waals surface area contributed by atoms with Gasteiger partial charge in [0.1, 0.15) is 12.3 Å². The van der Waals surface area contributed by atoms with E-state index >= 15 is 0 Å². The average molecular weight is 385 g/mol. The Balaban J connectivity index is 1.91. The number of rotatable bonds is 4. The first-order chi connectivity index (χ1) is 12.8. The van der Waals surface area contributed by atoms with Crippen molar-refractivity contribution in [1.29, 1.82) is 0 Å². The molecular formula is C14H20FN7O5. The van der Waals surface area contributed by atoms with Crippen LogP contribution in [0.15, 0.2) is 16.9 Å². The van der Waals surface area contributed by atoms with Crippen LogP contribution in [0.1, 0.15) is 12.8 Å². The summed E-state index contributed by atoms with van der Waals surface area (Å²) < 4.78 is 19.8. The van der Waals surface area contributed by atoms with Crippen molar-refractivity contribution in [2.75, 3.05) is 19.7 Å². The number of carbonyl (C=O) groups is 2. The molecule has 0 aliphatic carbocycles. The molecule has 3 amide bonds. The monoisotopic (exact) mass is 385 g/mol. The standard InChI is InChI=1S/C14H20FN7O5/c15-8-9(24)14(6-23,19-20-17)27-12(8)22-5-7(10(16)18-13(22)26)11(25)21-3-1-2-4-21/h5,8-10,12,23-24H,1-4,6,16H2,(H,18,26)/t8-,9-,10?,12+,14+/m0/s1. The fourth-order valence-electron chi connectivity index (χ4n) is 3.33. The number of nitrogens with one attached hydrogen (secondary N) is 1. The van der Waals surface area contributed by atoms with E-state index in [0.29, 0.717) is 13.1 Å². The Morgan fingerprint density at radius 1 is 1.56 bits per heavy atom. The van der Waals surface area contributed by atoms with E-state index in [4.69, 9.17) is 16.0 Å². The fourth-order valence-corrected chi connectivity index (χ4v) is 3.33. The van der Waals surface area contributed by atoms with Crippen LogP contribution in [-0.2, 0) is 9.53 Å². The number of urea groups is 1. The smallest absolute Gasteiger partial charge is 0.325 e. The number of hydrogen-bond acceptors (Lipinski definition) is 7. The van der Waals surface area contributed by atoms with E-state index in [-0.39, 0.29) is 5.57 Å². The molecule has 0 aromatic carbocycles. The summed E-state index contributed by atoms with van der Waals surface area (Å²) in [4.78, 5) is 29.6. The van der Waals surface area contributed by atoms with Crippen LogP contribution in [0.4, 0.5) is 9.18 Å². The summed E-state index contributed by atoms with van der Waals surface area (Å²) in [5, 5.41) is 24.9. The van der Waals surface area contributed by atoms with E-state index < -0.39 is 48.9 Å². The molecule has 27 heavy (non-hydrogen) atoms. The molecule has 3 heterocycles. The summed E-state index contributed by atoms with van der Waals surface area (Å²) in [6, 6.07) is -0.866. The summed E-state index contributed by atoms with van der Waals surface area (Å²) in [6.45, 7) is 0.0881. The molecule has 0 aromatic heterocycles. The number of alkyl halides is 1. The maximum atomic E-state index is 14.6. The number of nitrogens with zero attached hydrogens (tertiary/aromatic N) is 5. The molecule has 2 saturated heterocycles. The van der Waals surface area contributed by atoms with Gasteiger partial charge in [-0.3, -0.25) is 9.69 Å². The third-order valence-electron chi connectivity index (χ3n) is 4.84. The zero-order valence-electron chi connectivity index (χ0n) is 14.2. The van der Waals surface area contributed by atoms with Crippen molar-refractivity contribution >= 4 is 11.9 Å². The Hall–Kier alpha value is -2.44. The van der Waals surface area contributed by atoms with Gasteiger partial charge < -0.3 is 30.9 Å². The number of amides is 3. The number of carbonyl (C=O) groups excluding carboxylic acids is 2. The van der Waals surface area contributed by atoms with Gasteiger partial charge in [0.2, 0.25) is 5.72 Å². The Bertz CT molecular complexity index is 708. The lowest BCUT2D eigenvalue weighted by atomic mass is 10.1. The molecule has 3 aliphatic heterocycles. The summed E-state index contributed by atoms with van der Waals surface area (Å²) in [5.41, 5.74) is 12.2. The predicted molar refractivity (Wildman–Crippen MR) is 87.0 cm³/mol. The maximum Gasteiger partial charge on any atom is 0.325 e. The second-order valence-corrected chi connectivity index (χ2v) is 6.51. The van der Waals surface area contributed by atoms with E-state index in [0.717, 1.165) is 23.9 Å². The van der Waals surface area contributed by atoms with Crippen molar-refractivity contribution in [3.05, 3.63) is 22.2 Å². The first kappa shape index (κ1) is 19.3. The lowest BCUT2D eigenvalue weighted by Gasteiger charge is -2.34. The van der Waals surface area contributed by atoms with E-state index in [1.807, 2.05) is 0 Å². The molecule has 3 rings (SSSR count). The molecule has 1 unspecified atom stereocenters. The normalized spacial score (nSPS) is 36.3. The SMILES string of the molecule is [N-]=[N+]=N[C@]1(CO)O[C@@H](N2C=C(C(=O)N3CCCC3)C(N)NC2=O)[C@@H](F)[C@@H]1O. The molecule has 0 spiro atoms. The minimum atomic E-state index is -2.29. The van der Waals surface area contributed by atoms with Crippen molar-refractivity contribution in [2.24, 2.45) is 10.8 Å². The number of aliphatic hydroxyl groups excluding tert-OH is 2. The van der Waals surface area contributed by atoms with E-state index in [9.17, 15) is 24.2 Å². The second-order valence-electron chi connectivity index (χ2n) is 6.51. The molecule has 12 nitrogen and oxygen atoms in total. The van der Waals surface area contributed by atoms with Gasteiger partial charge in [-0.15, -0.1) is 0 Å².